The minimum atomic E-state index is 0.433. The SMILES string of the molecule is O=COc1ccc(-c2ccncc2)s1. The van der Waals surface area contributed by atoms with Gasteiger partial charge in [-0.25, -0.2) is 0 Å². The van der Waals surface area contributed by atoms with E-state index in [2.05, 4.69) is 4.98 Å². The van der Waals surface area contributed by atoms with Crippen LogP contribution in [0.1, 0.15) is 0 Å². The third-order valence-corrected chi connectivity index (χ3v) is 2.74. The van der Waals surface area contributed by atoms with E-state index in [-0.39, 0.29) is 0 Å². The highest BCUT2D eigenvalue weighted by atomic mass is 32.1. The normalized spacial score (nSPS) is 9.71. The summed E-state index contributed by atoms with van der Waals surface area (Å²) < 4.78 is 4.73. The van der Waals surface area contributed by atoms with Gasteiger partial charge >= 0.3 is 0 Å². The monoisotopic (exact) mass is 205 g/mol. The zero-order valence-corrected chi connectivity index (χ0v) is 8.03. The van der Waals surface area contributed by atoms with Gasteiger partial charge in [-0.05, 0) is 29.8 Å². The Bertz CT molecular complexity index is 425. The fourth-order valence-corrected chi connectivity index (χ4v) is 1.93. The molecule has 2 aromatic rings. The van der Waals surface area contributed by atoms with E-state index in [1.54, 1.807) is 18.5 Å². The third kappa shape index (κ3) is 1.80. The van der Waals surface area contributed by atoms with Gasteiger partial charge in [-0.15, -0.1) is 0 Å². The van der Waals surface area contributed by atoms with Gasteiger partial charge in [0.2, 0.25) is 0 Å². The van der Waals surface area contributed by atoms with E-state index in [1.165, 1.54) is 11.3 Å². The van der Waals surface area contributed by atoms with Crippen LogP contribution in [0, 0.1) is 0 Å². The summed E-state index contributed by atoms with van der Waals surface area (Å²) in [5.74, 6) is 0. The molecule has 0 spiro atoms. The second kappa shape index (κ2) is 4.02. The first-order valence-corrected chi connectivity index (χ1v) is 4.82. The van der Waals surface area contributed by atoms with Crippen LogP contribution >= 0.6 is 11.3 Å². The molecule has 0 fully saturated rings. The first-order valence-electron chi connectivity index (χ1n) is 4.00. The van der Waals surface area contributed by atoms with E-state index < -0.39 is 0 Å². The van der Waals surface area contributed by atoms with Crippen molar-refractivity contribution >= 4 is 17.8 Å². The maximum absolute atomic E-state index is 10.1. The molecule has 0 aliphatic heterocycles. The quantitative estimate of drug-likeness (QED) is 0.722. The van der Waals surface area contributed by atoms with Gasteiger partial charge in [-0.1, -0.05) is 11.3 Å². The molecule has 0 unspecified atom stereocenters. The molecule has 0 aromatic carbocycles. The van der Waals surface area contributed by atoms with Crippen LogP contribution < -0.4 is 4.74 Å². The fourth-order valence-electron chi connectivity index (χ4n) is 1.10. The molecule has 3 nitrogen and oxygen atoms in total. The van der Waals surface area contributed by atoms with E-state index in [0.29, 0.717) is 11.5 Å². The number of hydrogen-bond donors (Lipinski definition) is 0. The molecule has 70 valence electrons. The van der Waals surface area contributed by atoms with Crippen molar-refractivity contribution in [3.05, 3.63) is 36.7 Å². The molecule has 0 bridgehead atoms. The molecule has 0 aliphatic rings. The Morgan fingerprint density at radius 1 is 1.21 bits per heavy atom. The Labute approximate surface area is 85.0 Å². The lowest BCUT2D eigenvalue weighted by Gasteiger charge is -1.93. The smallest absolute Gasteiger partial charge is 0.299 e. The third-order valence-electron chi connectivity index (χ3n) is 1.71. The molecule has 0 saturated heterocycles. The second-order valence-electron chi connectivity index (χ2n) is 2.57. The standard InChI is InChI=1S/C10H7NO2S/c12-7-13-10-2-1-9(14-10)8-3-5-11-6-4-8/h1-7H. The number of carbonyl (C=O) groups excluding carboxylic acids is 1. The van der Waals surface area contributed by atoms with Gasteiger partial charge in [0.25, 0.3) is 6.47 Å². The summed E-state index contributed by atoms with van der Waals surface area (Å²) in [6.07, 6.45) is 3.46. The molecule has 2 heterocycles. The second-order valence-corrected chi connectivity index (χ2v) is 3.61. The Morgan fingerprint density at radius 3 is 2.71 bits per heavy atom. The average molecular weight is 205 g/mol. The molecular formula is C10H7NO2S. The molecule has 0 N–H and O–H groups in total. The molecule has 0 amide bonds. The molecule has 2 rings (SSSR count). The molecule has 2 aromatic heterocycles. The van der Waals surface area contributed by atoms with Gasteiger partial charge in [0, 0.05) is 17.3 Å². The summed E-state index contributed by atoms with van der Waals surface area (Å²) in [5, 5.41) is 0.604. The van der Waals surface area contributed by atoms with Crippen LogP contribution in [0.3, 0.4) is 0 Å². The van der Waals surface area contributed by atoms with Crippen LogP contribution in [0.2, 0.25) is 0 Å². The maximum Gasteiger partial charge on any atom is 0.299 e. The minimum Gasteiger partial charge on any atom is -0.418 e. The number of thiophene rings is 1. The van der Waals surface area contributed by atoms with Gasteiger partial charge in [-0.2, -0.15) is 0 Å². The van der Waals surface area contributed by atoms with Crippen molar-refractivity contribution in [1.29, 1.82) is 0 Å². The Kier molecular flexibility index (Phi) is 2.55. The first kappa shape index (κ1) is 8.90. The van der Waals surface area contributed by atoms with Crippen LogP contribution in [0.5, 0.6) is 5.06 Å². The fraction of sp³-hybridized carbons (Fsp3) is 0. The predicted molar refractivity (Wildman–Crippen MR) is 54.2 cm³/mol. The summed E-state index contributed by atoms with van der Waals surface area (Å²) in [6, 6.07) is 7.51. The summed E-state index contributed by atoms with van der Waals surface area (Å²) in [4.78, 5) is 15.1. The number of nitrogens with zero attached hydrogens (tertiary/aromatic N) is 1. The van der Waals surface area contributed by atoms with Gasteiger partial charge in [0.15, 0.2) is 5.06 Å². The summed E-state index contributed by atoms with van der Waals surface area (Å²) in [6.45, 7) is 0.433. The van der Waals surface area contributed by atoms with Gasteiger partial charge < -0.3 is 4.74 Å². The van der Waals surface area contributed by atoms with E-state index >= 15 is 0 Å². The predicted octanol–water partition coefficient (Wildman–Crippen LogP) is 2.35. The van der Waals surface area contributed by atoms with Crippen molar-refractivity contribution in [1.82, 2.24) is 4.98 Å². The Morgan fingerprint density at radius 2 is 2.00 bits per heavy atom. The van der Waals surface area contributed by atoms with Crippen LogP contribution in [0.15, 0.2) is 36.7 Å². The first-order chi connectivity index (χ1) is 6.90. The molecule has 0 aliphatic carbocycles. The molecule has 0 saturated carbocycles. The van der Waals surface area contributed by atoms with Crippen LogP contribution in [0.4, 0.5) is 0 Å². The Hall–Kier alpha value is -1.68. The molecule has 0 radical (unpaired) electrons. The summed E-state index contributed by atoms with van der Waals surface area (Å²) in [5.41, 5.74) is 1.07. The van der Waals surface area contributed by atoms with Gasteiger partial charge in [0.1, 0.15) is 0 Å². The molecular weight excluding hydrogens is 198 g/mol. The lowest BCUT2D eigenvalue weighted by atomic mass is 10.2. The van der Waals surface area contributed by atoms with Crippen molar-refractivity contribution in [2.24, 2.45) is 0 Å². The topological polar surface area (TPSA) is 39.2 Å². The van der Waals surface area contributed by atoms with E-state index in [0.717, 1.165) is 10.4 Å². The van der Waals surface area contributed by atoms with E-state index in [1.807, 2.05) is 18.2 Å². The zero-order chi connectivity index (χ0) is 9.80. The minimum absolute atomic E-state index is 0.433. The number of rotatable bonds is 3. The maximum atomic E-state index is 10.1. The van der Waals surface area contributed by atoms with Crippen LogP contribution in [0.25, 0.3) is 10.4 Å². The van der Waals surface area contributed by atoms with E-state index in [4.69, 9.17) is 4.74 Å². The lowest BCUT2D eigenvalue weighted by Crippen LogP contribution is -1.82. The van der Waals surface area contributed by atoms with Gasteiger partial charge in [0.05, 0.1) is 0 Å². The zero-order valence-electron chi connectivity index (χ0n) is 7.21. The number of aromatic nitrogens is 1. The van der Waals surface area contributed by atoms with Crippen molar-refractivity contribution in [2.45, 2.75) is 0 Å². The summed E-state index contributed by atoms with van der Waals surface area (Å²) >= 11 is 1.43. The molecule has 14 heavy (non-hydrogen) atoms. The number of pyridine rings is 1. The highest BCUT2D eigenvalue weighted by Crippen LogP contribution is 2.32. The summed E-state index contributed by atoms with van der Waals surface area (Å²) in [7, 11) is 0. The number of ether oxygens (including phenoxy) is 1. The van der Waals surface area contributed by atoms with Crippen molar-refractivity contribution < 1.29 is 9.53 Å². The highest BCUT2D eigenvalue weighted by molar-refractivity contribution is 7.17. The largest absolute Gasteiger partial charge is 0.418 e. The molecule has 0 atom stereocenters. The van der Waals surface area contributed by atoms with Gasteiger partial charge in [-0.3, -0.25) is 9.78 Å². The van der Waals surface area contributed by atoms with Crippen molar-refractivity contribution in [3.63, 3.8) is 0 Å². The number of hydrogen-bond acceptors (Lipinski definition) is 4. The van der Waals surface area contributed by atoms with Crippen molar-refractivity contribution in [3.8, 4) is 15.5 Å². The van der Waals surface area contributed by atoms with Crippen molar-refractivity contribution in [2.75, 3.05) is 0 Å². The van der Waals surface area contributed by atoms with E-state index in [9.17, 15) is 4.79 Å². The lowest BCUT2D eigenvalue weighted by molar-refractivity contribution is -0.120. The van der Waals surface area contributed by atoms with Crippen LogP contribution in [-0.2, 0) is 4.79 Å². The highest BCUT2D eigenvalue weighted by Gasteiger charge is 2.02. The number of carbonyl (C=O) groups is 1. The average Bonchev–Trinajstić information content (AvgIpc) is 2.68. The van der Waals surface area contributed by atoms with Crippen LogP contribution in [-0.4, -0.2) is 11.5 Å². The molecule has 4 heteroatoms. The Balaban J connectivity index is 2.29.